The number of nitrogens with one attached hydrogen (secondary N) is 1. The van der Waals surface area contributed by atoms with E-state index >= 15 is 0 Å². The van der Waals surface area contributed by atoms with Crippen LogP contribution in [0.3, 0.4) is 0 Å². The standard InChI is InChI=1S/C8H11ClN4/c9-8-5-10-7(4-11-8)6-13-3-1-2-12-13/h4-5,12H,1-3,6H2. The number of aromatic nitrogens is 2. The molecule has 5 heteroatoms. The fourth-order valence-corrected chi connectivity index (χ4v) is 1.43. The van der Waals surface area contributed by atoms with Crippen molar-refractivity contribution in [2.24, 2.45) is 0 Å². The van der Waals surface area contributed by atoms with E-state index in [9.17, 15) is 0 Å². The van der Waals surface area contributed by atoms with Gasteiger partial charge in [-0.25, -0.2) is 9.99 Å². The van der Waals surface area contributed by atoms with Gasteiger partial charge in [-0.3, -0.25) is 10.4 Å². The number of rotatable bonds is 2. The molecule has 0 radical (unpaired) electrons. The van der Waals surface area contributed by atoms with Gasteiger partial charge < -0.3 is 0 Å². The summed E-state index contributed by atoms with van der Waals surface area (Å²) in [6, 6.07) is 0. The molecule has 0 atom stereocenters. The summed E-state index contributed by atoms with van der Waals surface area (Å²) in [6.45, 7) is 2.93. The molecule has 1 aliphatic heterocycles. The van der Waals surface area contributed by atoms with Crippen molar-refractivity contribution in [1.29, 1.82) is 0 Å². The first-order chi connectivity index (χ1) is 6.34. The first kappa shape index (κ1) is 8.87. The van der Waals surface area contributed by atoms with Crippen molar-refractivity contribution in [3.63, 3.8) is 0 Å². The fraction of sp³-hybridized carbons (Fsp3) is 0.500. The smallest absolute Gasteiger partial charge is 0.147 e. The summed E-state index contributed by atoms with van der Waals surface area (Å²) in [5, 5.41) is 2.58. The van der Waals surface area contributed by atoms with Gasteiger partial charge in [0.15, 0.2) is 0 Å². The third-order valence-electron chi connectivity index (χ3n) is 1.97. The highest BCUT2D eigenvalue weighted by molar-refractivity contribution is 6.29. The van der Waals surface area contributed by atoms with Crippen LogP contribution in [0.25, 0.3) is 0 Å². The van der Waals surface area contributed by atoms with Crippen molar-refractivity contribution in [3.05, 3.63) is 23.2 Å². The minimum absolute atomic E-state index is 0.443. The Morgan fingerprint density at radius 2 is 2.38 bits per heavy atom. The molecule has 13 heavy (non-hydrogen) atoms. The highest BCUT2D eigenvalue weighted by atomic mass is 35.5. The topological polar surface area (TPSA) is 41.1 Å². The molecule has 0 spiro atoms. The van der Waals surface area contributed by atoms with Crippen LogP contribution in [0.15, 0.2) is 12.4 Å². The lowest BCUT2D eigenvalue weighted by atomic mass is 10.4. The van der Waals surface area contributed by atoms with E-state index < -0.39 is 0 Å². The highest BCUT2D eigenvalue weighted by Gasteiger charge is 2.11. The number of nitrogens with zero attached hydrogens (tertiary/aromatic N) is 3. The maximum absolute atomic E-state index is 5.63. The molecule has 0 unspecified atom stereocenters. The molecule has 2 heterocycles. The summed E-state index contributed by atoms with van der Waals surface area (Å²) in [7, 11) is 0. The highest BCUT2D eigenvalue weighted by Crippen LogP contribution is 2.05. The van der Waals surface area contributed by atoms with E-state index in [1.807, 2.05) is 0 Å². The number of hydrazine groups is 1. The molecule has 0 bridgehead atoms. The lowest BCUT2D eigenvalue weighted by Gasteiger charge is -2.13. The maximum Gasteiger partial charge on any atom is 0.147 e. The maximum atomic E-state index is 5.63. The summed E-state index contributed by atoms with van der Waals surface area (Å²) in [4.78, 5) is 8.14. The van der Waals surface area contributed by atoms with Crippen LogP contribution < -0.4 is 5.43 Å². The van der Waals surface area contributed by atoms with E-state index in [0.29, 0.717) is 5.15 Å². The van der Waals surface area contributed by atoms with Gasteiger partial charge in [0, 0.05) is 13.1 Å². The van der Waals surface area contributed by atoms with Crippen molar-refractivity contribution in [2.75, 3.05) is 13.1 Å². The van der Waals surface area contributed by atoms with Gasteiger partial charge in [-0.15, -0.1) is 0 Å². The second kappa shape index (κ2) is 4.00. The van der Waals surface area contributed by atoms with Crippen molar-refractivity contribution < 1.29 is 0 Å². The van der Waals surface area contributed by atoms with Gasteiger partial charge in [0.25, 0.3) is 0 Å². The van der Waals surface area contributed by atoms with E-state index in [4.69, 9.17) is 11.6 Å². The van der Waals surface area contributed by atoms with Crippen LogP contribution in [0.2, 0.25) is 5.15 Å². The number of halogens is 1. The predicted molar refractivity (Wildman–Crippen MR) is 50.1 cm³/mol. The molecule has 1 aromatic heterocycles. The van der Waals surface area contributed by atoms with Crippen LogP contribution in [0, 0.1) is 0 Å². The van der Waals surface area contributed by atoms with Gasteiger partial charge >= 0.3 is 0 Å². The molecule has 0 aliphatic carbocycles. The average molecular weight is 199 g/mol. The third-order valence-corrected chi connectivity index (χ3v) is 2.16. The minimum Gasteiger partial charge on any atom is -0.255 e. The normalized spacial score (nSPS) is 17.9. The monoisotopic (exact) mass is 198 g/mol. The molecule has 70 valence electrons. The Kier molecular flexibility index (Phi) is 2.73. The van der Waals surface area contributed by atoms with Gasteiger partial charge in [0.2, 0.25) is 0 Å². The molecule has 1 aliphatic rings. The van der Waals surface area contributed by atoms with Crippen molar-refractivity contribution in [3.8, 4) is 0 Å². The largest absolute Gasteiger partial charge is 0.255 e. The second-order valence-corrected chi connectivity index (χ2v) is 3.40. The lowest BCUT2D eigenvalue weighted by molar-refractivity contribution is 0.241. The number of hydrogen-bond donors (Lipinski definition) is 1. The second-order valence-electron chi connectivity index (χ2n) is 3.01. The van der Waals surface area contributed by atoms with Gasteiger partial charge in [-0.05, 0) is 6.42 Å². The Balaban J connectivity index is 1.97. The third kappa shape index (κ3) is 2.37. The van der Waals surface area contributed by atoms with Crippen LogP contribution in [0.1, 0.15) is 12.1 Å². The van der Waals surface area contributed by atoms with Crippen LogP contribution in [0.4, 0.5) is 0 Å². The zero-order chi connectivity index (χ0) is 9.10. The molecule has 0 saturated carbocycles. The van der Waals surface area contributed by atoms with Gasteiger partial charge in [-0.2, -0.15) is 0 Å². The Labute approximate surface area is 81.9 Å². The molecule has 1 N–H and O–H groups in total. The Hall–Kier alpha value is -0.710. The molecule has 4 nitrogen and oxygen atoms in total. The van der Waals surface area contributed by atoms with E-state index in [0.717, 1.165) is 25.3 Å². The van der Waals surface area contributed by atoms with Crippen LogP contribution in [-0.4, -0.2) is 28.1 Å². The molecule has 1 saturated heterocycles. The molecule has 1 aromatic rings. The summed E-state index contributed by atoms with van der Waals surface area (Å²) >= 11 is 5.63. The van der Waals surface area contributed by atoms with Crippen molar-refractivity contribution in [1.82, 2.24) is 20.4 Å². The Morgan fingerprint density at radius 3 is 3.00 bits per heavy atom. The summed E-state index contributed by atoms with van der Waals surface area (Å²) < 4.78 is 0. The van der Waals surface area contributed by atoms with Crippen molar-refractivity contribution in [2.45, 2.75) is 13.0 Å². The first-order valence-electron chi connectivity index (χ1n) is 4.29. The van der Waals surface area contributed by atoms with Crippen molar-refractivity contribution >= 4 is 11.6 Å². The van der Waals surface area contributed by atoms with Crippen LogP contribution >= 0.6 is 11.6 Å². The van der Waals surface area contributed by atoms with Crippen LogP contribution in [0.5, 0.6) is 0 Å². The van der Waals surface area contributed by atoms with Crippen LogP contribution in [-0.2, 0) is 6.54 Å². The van der Waals surface area contributed by atoms with E-state index in [2.05, 4.69) is 20.4 Å². The SMILES string of the molecule is Clc1cnc(CN2CCCN2)cn1. The zero-order valence-electron chi connectivity index (χ0n) is 7.20. The van der Waals surface area contributed by atoms with E-state index in [-0.39, 0.29) is 0 Å². The lowest BCUT2D eigenvalue weighted by Crippen LogP contribution is -2.30. The molecule has 0 aromatic carbocycles. The summed E-state index contributed by atoms with van der Waals surface area (Å²) in [5.41, 5.74) is 4.20. The predicted octanol–water partition coefficient (Wildman–Crippen LogP) is 0.840. The van der Waals surface area contributed by atoms with Gasteiger partial charge in [0.05, 0.1) is 24.6 Å². The zero-order valence-corrected chi connectivity index (χ0v) is 7.96. The van der Waals surface area contributed by atoms with E-state index in [1.165, 1.54) is 6.42 Å². The molecule has 2 rings (SSSR count). The summed E-state index contributed by atoms with van der Waals surface area (Å²) in [5.74, 6) is 0. The fourth-order valence-electron chi connectivity index (χ4n) is 1.34. The minimum atomic E-state index is 0.443. The molecular weight excluding hydrogens is 188 g/mol. The molecule has 0 amide bonds. The van der Waals surface area contributed by atoms with Gasteiger partial charge in [0.1, 0.15) is 5.15 Å². The average Bonchev–Trinajstić information content (AvgIpc) is 2.62. The first-order valence-corrected chi connectivity index (χ1v) is 4.67. The molecular formula is C8H11ClN4. The van der Waals surface area contributed by atoms with E-state index in [1.54, 1.807) is 12.4 Å². The number of hydrogen-bond acceptors (Lipinski definition) is 4. The Bertz CT molecular complexity index is 268. The summed E-state index contributed by atoms with van der Waals surface area (Å²) in [6.07, 6.45) is 4.48. The molecule has 1 fully saturated rings. The quantitative estimate of drug-likeness (QED) is 0.765. The Morgan fingerprint density at radius 1 is 1.46 bits per heavy atom. The van der Waals surface area contributed by atoms with Gasteiger partial charge in [-0.1, -0.05) is 11.6 Å².